The summed E-state index contributed by atoms with van der Waals surface area (Å²) < 4.78 is 5.34. The van der Waals surface area contributed by atoms with Gasteiger partial charge >= 0.3 is 0 Å². The lowest BCUT2D eigenvalue weighted by Crippen LogP contribution is -2.38. The number of carbonyl (C=O) groups is 1. The molecule has 120 valence electrons. The van der Waals surface area contributed by atoms with Gasteiger partial charge in [0.2, 0.25) is 11.9 Å². The molecule has 4 heterocycles. The second kappa shape index (κ2) is 5.51. The van der Waals surface area contributed by atoms with E-state index in [1.807, 2.05) is 4.90 Å². The van der Waals surface area contributed by atoms with E-state index < -0.39 is 0 Å². The zero-order valence-corrected chi connectivity index (χ0v) is 12.5. The summed E-state index contributed by atoms with van der Waals surface area (Å²) >= 11 is 0. The minimum atomic E-state index is -0.257. The van der Waals surface area contributed by atoms with Gasteiger partial charge in [0.1, 0.15) is 17.5 Å². The summed E-state index contributed by atoms with van der Waals surface area (Å²) in [5, 5.41) is 2.80. The molecular weight excluding hydrogens is 298 g/mol. The summed E-state index contributed by atoms with van der Waals surface area (Å²) in [6.45, 7) is 2.66. The van der Waals surface area contributed by atoms with Gasteiger partial charge in [-0.15, -0.1) is 0 Å². The van der Waals surface area contributed by atoms with Crippen LogP contribution in [0.1, 0.15) is 23.7 Å². The van der Waals surface area contributed by atoms with Crippen molar-refractivity contribution >= 4 is 23.5 Å². The smallest absolute Gasteiger partial charge is 0.229 e. The van der Waals surface area contributed by atoms with Crippen molar-refractivity contribution in [1.29, 1.82) is 0 Å². The Hall–Kier alpha value is -2.68. The first-order chi connectivity index (χ1) is 11.2. The van der Waals surface area contributed by atoms with Gasteiger partial charge in [-0.3, -0.25) is 4.79 Å². The number of hydrogen-bond acceptors (Lipinski definition) is 7. The van der Waals surface area contributed by atoms with E-state index in [2.05, 4.69) is 25.3 Å². The number of H-pyrrole nitrogens is 1. The van der Waals surface area contributed by atoms with Crippen molar-refractivity contribution in [2.24, 2.45) is 0 Å². The number of fused-ring (bicyclic) bond motifs is 1. The molecule has 0 aromatic carbocycles. The summed E-state index contributed by atoms with van der Waals surface area (Å²) in [6.07, 6.45) is 3.65. The van der Waals surface area contributed by atoms with Crippen molar-refractivity contribution in [2.45, 2.75) is 12.3 Å². The monoisotopic (exact) mass is 315 g/mol. The Bertz CT molecular complexity index is 725. The van der Waals surface area contributed by atoms with Gasteiger partial charge in [0.25, 0.3) is 0 Å². The Kier molecular flexibility index (Phi) is 3.34. The van der Waals surface area contributed by atoms with Gasteiger partial charge in [0.15, 0.2) is 0 Å². The average Bonchev–Trinajstić information content (AvgIpc) is 3.09. The predicted octanol–water partition coefficient (Wildman–Crippen LogP) is 0.0926. The molecule has 2 aliphatic rings. The van der Waals surface area contributed by atoms with Gasteiger partial charge in [-0.1, -0.05) is 0 Å². The number of anilines is 3. The molecule has 1 amide bonds. The van der Waals surface area contributed by atoms with Crippen LogP contribution in [0.25, 0.3) is 0 Å². The van der Waals surface area contributed by atoms with Crippen molar-refractivity contribution in [3.63, 3.8) is 0 Å². The molecule has 9 nitrogen and oxygen atoms in total. The second-order valence-electron chi connectivity index (χ2n) is 5.55. The number of morpholine rings is 1. The topological polar surface area (TPSA) is 122 Å². The number of imidazole rings is 1. The maximum Gasteiger partial charge on any atom is 0.229 e. The SMILES string of the molecule is Nc1nc(N2CCOCC2)nc2c1[C@H](c1ncc[nH]1)CC(=O)N2. The summed E-state index contributed by atoms with van der Waals surface area (Å²) in [4.78, 5) is 30.3. The first kappa shape index (κ1) is 13.9. The van der Waals surface area contributed by atoms with Crippen LogP contribution in [0.2, 0.25) is 0 Å². The van der Waals surface area contributed by atoms with E-state index in [1.165, 1.54) is 0 Å². The zero-order valence-electron chi connectivity index (χ0n) is 12.5. The minimum absolute atomic E-state index is 0.107. The molecule has 1 saturated heterocycles. The summed E-state index contributed by atoms with van der Waals surface area (Å²) in [7, 11) is 0. The maximum absolute atomic E-state index is 12.0. The molecule has 23 heavy (non-hydrogen) atoms. The molecule has 1 fully saturated rings. The number of nitrogens with zero attached hydrogens (tertiary/aromatic N) is 4. The lowest BCUT2D eigenvalue weighted by atomic mass is 9.92. The number of ether oxygens (including phenoxy) is 1. The highest BCUT2D eigenvalue weighted by Crippen LogP contribution is 2.38. The maximum atomic E-state index is 12.0. The Morgan fingerprint density at radius 2 is 2.13 bits per heavy atom. The van der Waals surface area contributed by atoms with Gasteiger partial charge in [-0.05, 0) is 0 Å². The van der Waals surface area contributed by atoms with Crippen molar-refractivity contribution in [3.05, 3.63) is 23.8 Å². The third-order valence-electron chi connectivity index (χ3n) is 4.10. The fraction of sp³-hybridized carbons (Fsp3) is 0.429. The van der Waals surface area contributed by atoms with Crippen LogP contribution in [-0.2, 0) is 9.53 Å². The highest BCUT2D eigenvalue weighted by atomic mass is 16.5. The number of nitrogen functional groups attached to an aromatic ring is 1. The number of hydrogen-bond donors (Lipinski definition) is 3. The lowest BCUT2D eigenvalue weighted by Gasteiger charge is -2.30. The van der Waals surface area contributed by atoms with Gasteiger partial charge in [0, 0.05) is 37.5 Å². The minimum Gasteiger partial charge on any atom is -0.383 e. The van der Waals surface area contributed by atoms with Gasteiger partial charge in [-0.2, -0.15) is 9.97 Å². The molecule has 9 heteroatoms. The van der Waals surface area contributed by atoms with Gasteiger partial charge in [0.05, 0.1) is 19.1 Å². The number of rotatable bonds is 2. The number of amides is 1. The molecule has 2 aromatic heterocycles. The Morgan fingerprint density at radius 1 is 1.30 bits per heavy atom. The van der Waals surface area contributed by atoms with Crippen LogP contribution >= 0.6 is 0 Å². The predicted molar refractivity (Wildman–Crippen MR) is 83.2 cm³/mol. The van der Waals surface area contributed by atoms with E-state index in [4.69, 9.17) is 10.5 Å². The van der Waals surface area contributed by atoms with Crippen molar-refractivity contribution in [2.75, 3.05) is 42.3 Å². The highest BCUT2D eigenvalue weighted by molar-refractivity contribution is 5.95. The number of nitrogens with one attached hydrogen (secondary N) is 2. The first-order valence-electron chi connectivity index (χ1n) is 7.51. The van der Waals surface area contributed by atoms with Crippen LogP contribution in [0.3, 0.4) is 0 Å². The molecule has 0 unspecified atom stereocenters. The Morgan fingerprint density at radius 3 is 2.87 bits per heavy atom. The normalized spacial score (nSPS) is 21.0. The zero-order chi connectivity index (χ0) is 15.8. The van der Waals surface area contributed by atoms with E-state index in [1.54, 1.807) is 12.4 Å². The van der Waals surface area contributed by atoms with Crippen LogP contribution in [0.5, 0.6) is 0 Å². The third-order valence-corrected chi connectivity index (χ3v) is 4.10. The van der Waals surface area contributed by atoms with E-state index in [-0.39, 0.29) is 18.2 Å². The van der Waals surface area contributed by atoms with E-state index in [9.17, 15) is 4.79 Å². The number of aromatic amines is 1. The van der Waals surface area contributed by atoms with Gasteiger partial charge < -0.3 is 25.7 Å². The number of nitrogens with two attached hydrogens (primary N) is 1. The standard InChI is InChI=1S/C14H17N7O2/c15-11-10-8(12-16-1-2-17-12)7-9(22)18-13(10)20-14(19-11)21-3-5-23-6-4-21/h1-2,8H,3-7H2,(H,16,17)(H3,15,18,19,20,22)/t8-/m1/s1. The summed E-state index contributed by atoms with van der Waals surface area (Å²) in [5.74, 6) is 1.69. The molecule has 0 aliphatic carbocycles. The first-order valence-corrected chi connectivity index (χ1v) is 7.51. The quantitative estimate of drug-likeness (QED) is 0.718. The molecule has 4 rings (SSSR count). The highest BCUT2D eigenvalue weighted by Gasteiger charge is 2.33. The lowest BCUT2D eigenvalue weighted by molar-refractivity contribution is -0.116. The molecule has 4 N–H and O–H groups in total. The molecule has 0 bridgehead atoms. The summed E-state index contributed by atoms with van der Waals surface area (Å²) in [5.41, 5.74) is 6.91. The number of carbonyl (C=O) groups excluding carboxylic acids is 1. The molecule has 0 spiro atoms. The fourth-order valence-electron chi connectivity index (χ4n) is 2.99. The molecule has 0 radical (unpaired) electrons. The van der Waals surface area contributed by atoms with Crippen LogP contribution in [0, 0.1) is 0 Å². The van der Waals surface area contributed by atoms with E-state index >= 15 is 0 Å². The fourth-order valence-corrected chi connectivity index (χ4v) is 2.99. The molecule has 0 saturated carbocycles. The Balaban J connectivity index is 1.76. The molecule has 2 aromatic rings. The van der Waals surface area contributed by atoms with Crippen molar-refractivity contribution in [3.8, 4) is 0 Å². The largest absolute Gasteiger partial charge is 0.383 e. The van der Waals surface area contributed by atoms with Crippen LogP contribution in [-0.4, -0.2) is 52.1 Å². The molecular formula is C14H17N7O2. The van der Waals surface area contributed by atoms with E-state index in [0.29, 0.717) is 49.7 Å². The second-order valence-corrected chi connectivity index (χ2v) is 5.55. The van der Waals surface area contributed by atoms with Crippen molar-refractivity contribution < 1.29 is 9.53 Å². The number of aromatic nitrogens is 4. The van der Waals surface area contributed by atoms with Crippen LogP contribution in [0.4, 0.5) is 17.6 Å². The van der Waals surface area contributed by atoms with E-state index in [0.717, 1.165) is 5.56 Å². The van der Waals surface area contributed by atoms with Gasteiger partial charge in [-0.25, -0.2) is 4.98 Å². The molecule has 2 aliphatic heterocycles. The molecule has 1 atom stereocenters. The third kappa shape index (κ3) is 2.48. The Labute approximate surface area is 132 Å². The summed E-state index contributed by atoms with van der Waals surface area (Å²) in [6, 6.07) is 0. The van der Waals surface area contributed by atoms with Crippen LogP contribution in [0.15, 0.2) is 12.4 Å². The van der Waals surface area contributed by atoms with Crippen molar-refractivity contribution in [1.82, 2.24) is 19.9 Å². The average molecular weight is 315 g/mol. The van der Waals surface area contributed by atoms with Crippen LogP contribution < -0.4 is 16.0 Å².